The Morgan fingerprint density at radius 2 is 2.18 bits per heavy atom. The third-order valence-corrected chi connectivity index (χ3v) is 3.93. The average Bonchev–Trinajstić information content (AvgIpc) is 2.58. The molecular weight excluding hydrogens is 278 g/mol. The van der Waals surface area contributed by atoms with Crippen LogP contribution in [0.15, 0.2) is 22.7 Å². The van der Waals surface area contributed by atoms with E-state index in [2.05, 4.69) is 34.7 Å². The predicted molar refractivity (Wildman–Crippen MR) is 75.8 cm³/mol. The van der Waals surface area contributed by atoms with Crippen molar-refractivity contribution in [2.45, 2.75) is 32.2 Å². The van der Waals surface area contributed by atoms with E-state index in [1.54, 1.807) is 0 Å². The van der Waals surface area contributed by atoms with Gasteiger partial charge in [-0.05, 0) is 44.9 Å². The zero-order valence-corrected chi connectivity index (χ0v) is 11.8. The van der Waals surface area contributed by atoms with Crippen molar-refractivity contribution in [3.63, 3.8) is 0 Å². The number of benzene rings is 1. The maximum atomic E-state index is 7.70. The van der Waals surface area contributed by atoms with Crippen LogP contribution in [0.2, 0.25) is 0 Å². The topological polar surface area (TPSA) is 53.1 Å². The summed E-state index contributed by atoms with van der Waals surface area (Å²) in [6.07, 6.45) is 2.38. The Kier molecular flexibility index (Phi) is 3.17. The molecule has 1 fully saturated rings. The van der Waals surface area contributed by atoms with Crippen LogP contribution in [0.5, 0.6) is 0 Å². The maximum Gasteiger partial charge on any atom is 0.124 e. The van der Waals surface area contributed by atoms with Crippen molar-refractivity contribution in [2.75, 3.05) is 11.4 Å². The fraction of sp³-hybridized carbons (Fsp3) is 0.462. The van der Waals surface area contributed by atoms with E-state index in [9.17, 15) is 0 Å². The molecule has 0 bridgehead atoms. The highest BCUT2D eigenvalue weighted by atomic mass is 79.9. The number of nitrogens with two attached hydrogens (primary N) is 1. The fourth-order valence-electron chi connectivity index (χ4n) is 2.51. The third kappa shape index (κ3) is 2.32. The second-order valence-corrected chi connectivity index (χ2v) is 6.06. The number of amidine groups is 1. The van der Waals surface area contributed by atoms with Crippen LogP contribution in [-0.4, -0.2) is 17.9 Å². The molecule has 0 saturated carbocycles. The molecule has 0 amide bonds. The second-order valence-electron chi connectivity index (χ2n) is 5.14. The molecule has 0 aromatic heterocycles. The van der Waals surface area contributed by atoms with Crippen LogP contribution < -0.4 is 10.6 Å². The number of rotatable bonds is 2. The van der Waals surface area contributed by atoms with Gasteiger partial charge >= 0.3 is 0 Å². The molecule has 1 heterocycles. The van der Waals surface area contributed by atoms with Crippen LogP contribution >= 0.6 is 15.9 Å². The average molecular weight is 296 g/mol. The lowest BCUT2D eigenvalue weighted by atomic mass is 10.0. The summed E-state index contributed by atoms with van der Waals surface area (Å²) in [5.74, 6) is 0.129. The number of anilines is 1. The molecule has 92 valence electrons. The standard InChI is InChI=1S/C13H18BrN3/c1-13(2)6-3-7-17(13)11-5-4-9(14)8-10(11)12(15)16/h4-5,8H,3,6-7H2,1-2H3,(H3,15,16). The number of nitrogen functional groups attached to an aromatic ring is 1. The maximum absolute atomic E-state index is 7.70. The van der Waals surface area contributed by atoms with Gasteiger partial charge in [0.15, 0.2) is 0 Å². The van der Waals surface area contributed by atoms with Crippen molar-refractivity contribution < 1.29 is 0 Å². The molecule has 1 aliphatic heterocycles. The number of hydrogen-bond donors (Lipinski definition) is 2. The van der Waals surface area contributed by atoms with Gasteiger partial charge in [0, 0.05) is 27.8 Å². The molecular formula is C13H18BrN3. The van der Waals surface area contributed by atoms with Crippen LogP contribution in [0.1, 0.15) is 32.3 Å². The van der Waals surface area contributed by atoms with Crippen LogP contribution in [0.25, 0.3) is 0 Å². The first-order valence-corrected chi connectivity index (χ1v) is 6.63. The number of hydrogen-bond acceptors (Lipinski definition) is 2. The molecule has 1 aromatic carbocycles. The molecule has 4 heteroatoms. The number of nitrogens with zero attached hydrogens (tertiary/aromatic N) is 1. The van der Waals surface area contributed by atoms with Gasteiger partial charge in [0.05, 0.1) is 0 Å². The molecule has 3 N–H and O–H groups in total. The lowest BCUT2D eigenvalue weighted by Crippen LogP contribution is -2.39. The van der Waals surface area contributed by atoms with E-state index in [1.165, 1.54) is 12.8 Å². The van der Waals surface area contributed by atoms with Gasteiger partial charge < -0.3 is 10.6 Å². The molecule has 1 aliphatic rings. The molecule has 1 aromatic rings. The molecule has 0 atom stereocenters. The van der Waals surface area contributed by atoms with Gasteiger partial charge in [0.25, 0.3) is 0 Å². The van der Waals surface area contributed by atoms with Gasteiger partial charge in [0.2, 0.25) is 0 Å². The van der Waals surface area contributed by atoms with Crippen molar-refractivity contribution in [1.82, 2.24) is 0 Å². The highest BCUT2D eigenvalue weighted by Gasteiger charge is 2.33. The van der Waals surface area contributed by atoms with Crippen molar-refractivity contribution in [3.8, 4) is 0 Å². The number of nitrogens with one attached hydrogen (secondary N) is 1. The minimum absolute atomic E-state index is 0.129. The summed E-state index contributed by atoms with van der Waals surface area (Å²) >= 11 is 3.43. The lowest BCUT2D eigenvalue weighted by Gasteiger charge is -2.35. The summed E-state index contributed by atoms with van der Waals surface area (Å²) in [6.45, 7) is 5.52. The van der Waals surface area contributed by atoms with Gasteiger partial charge in [-0.15, -0.1) is 0 Å². The zero-order chi connectivity index (χ0) is 12.6. The monoisotopic (exact) mass is 295 g/mol. The smallest absolute Gasteiger partial charge is 0.124 e. The normalized spacial score (nSPS) is 18.4. The van der Waals surface area contributed by atoms with Gasteiger partial charge in [-0.2, -0.15) is 0 Å². The summed E-state index contributed by atoms with van der Waals surface area (Å²) in [7, 11) is 0. The molecule has 2 rings (SSSR count). The van der Waals surface area contributed by atoms with E-state index in [4.69, 9.17) is 11.1 Å². The largest absolute Gasteiger partial charge is 0.384 e. The van der Waals surface area contributed by atoms with E-state index < -0.39 is 0 Å². The molecule has 0 spiro atoms. The summed E-state index contributed by atoms with van der Waals surface area (Å²) in [4.78, 5) is 2.36. The SMILES string of the molecule is CC1(C)CCCN1c1ccc(Br)cc1C(=N)N. The summed E-state index contributed by atoms with van der Waals surface area (Å²) in [5.41, 5.74) is 7.71. The van der Waals surface area contributed by atoms with Crippen LogP contribution in [0, 0.1) is 5.41 Å². The minimum atomic E-state index is 0.129. The Hall–Kier alpha value is -1.03. The Morgan fingerprint density at radius 1 is 1.47 bits per heavy atom. The second kappa shape index (κ2) is 4.33. The Balaban J connectivity index is 2.48. The van der Waals surface area contributed by atoms with Crippen molar-refractivity contribution in [2.24, 2.45) is 5.73 Å². The van der Waals surface area contributed by atoms with Crippen molar-refractivity contribution in [1.29, 1.82) is 5.41 Å². The van der Waals surface area contributed by atoms with Crippen LogP contribution in [0.3, 0.4) is 0 Å². The molecule has 17 heavy (non-hydrogen) atoms. The molecule has 0 aliphatic carbocycles. The molecule has 3 nitrogen and oxygen atoms in total. The van der Waals surface area contributed by atoms with Gasteiger partial charge in [0.1, 0.15) is 5.84 Å². The van der Waals surface area contributed by atoms with E-state index in [-0.39, 0.29) is 11.4 Å². The van der Waals surface area contributed by atoms with Crippen LogP contribution in [0.4, 0.5) is 5.69 Å². The third-order valence-electron chi connectivity index (χ3n) is 3.44. The van der Waals surface area contributed by atoms with Crippen molar-refractivity contribution >= 4 is 27.5 Å². The predicted octanol–water partition coefficient (Wildman–Crippen LogP) is 3.11. The van der Waals surface area contributed by atoms with Gasteiger partial charge in [-0.25, -0.2) is 0 Å². The minimum Gasteiger partial charge on any atom is -0.384 e. The zero-order valence-electron chi connectivity index (χ0n) is 10.3. The Morgan fingerprint density at radius 3 is 2.71 bits per heavy atom. The van der Waals surface area contributed by atoms with E-state index in [1.807, 2.05) is 18.2 Å². The summed E-state index contributed by atoms with van der Waals surface area (Å²) < 4.78 is 0.962. The van der Waals surface area contributed by atoms with Crippen molar-refractivity contribution in [3.05, 3.63) is 28.2 Å². The quantitative estimate of drug-likeness (QED) is 0.651. The van der Waals surface area contributed by atoms with Crippen LogP contribution in [-0.2, 0) is 0 Å². The van der Waals surface area contributed by atoms with E-state index in [0.29, 0.717) is 0 Å². The number of halogens is 1. The lowest BCUT2D eigenvalue weighted by molar-refractivity contribution is 0.518. The first-order chi connectivity index (χ1) is 7.92. The summed E-state index contributed by atoms with van der Waals surface area (Å²) in [5, 5.41) is 7.70. The van der Waals surface area contributed by atoms with E-state index in [0.717, 1.165) is 22.3 Å². The molecule has 0 unspecified atom stereocenters. The fourth-order valence-corrected chi connectivity index (χ4v) is 2.87. The van der Waals surface area contributed by atoms with Gasteiger partial charge in [-0.3, -0.25) is 5.41 Å². The highest BCUT2D eigenvalue weighted by Crippen LogP contribution is 2.36. The van der Waals surface area contributed by atoms with Gasteiger partial charge in [-0.1, -0.05) is 15.9 Å². The Labute approximate surface area is 111 Å². The first kappa shape index (κ1) is 12.4. The Bertz CT molecular complexity index is 454. The molecule has 1 saturated heterocycles. The first-order valence-electron chi connectivity index (χ1n) is 5.83. The van der Waals surface area contributed by atoms with E-state index >= 15 is 0 Å². The summed E-state index contributed by atoms with van der Waals surface area (Å²) in [6, 6.07) is 5.98. The molecule has 0 radical (unpaired) electrons. The highest BCUT2D eigenvalue weighted by molar-refractivity contribution is 9.10.